The third kappa shape index (κ3) is 7.04. The number of rotatable bonds is 5. The molecule has 0 aromatic carbocycles. The molecule has 0 aromatic heterocycles. The molecule has 0 aromatic rings. The van der Waals surface area contributed by atoms with E-state index in [-0.39, 0.29) is 11.8 Å². The van der Waals surface area contributed by atoms with Gasteiger partial charge in [0.25, 0.3) is 0 Å². The molecular weight excluding hydrogens is 427 g/mol. The zero-order valence-electron chi connectivity index (χ0n) is 10.6. The molecule has 0 bridgehead atoms. The summed E-state index contributed by atoms with van der Waals surface area (Å²) in [6.45, 7) is 8.55. The predicted molar refractivity (Wildman–Crippen MR) is 68.5 cm³/mol. The van der Waals surface area contributed by atoms with E-state index in [9.17, 15) is 4.79 Å². The molecule has 18 heavy (non-hydrogen) atoms. The van der Waals surface area contributed by atoms with E-state index in [2.05, 4.69) is 17.0 Å². The van der Waals surface area contributed by atoms with E-state index in [4.69, 9.17) is 21.4 Å². The van der Waals surface area contributed by atoms with Crippen LogP contribution in [-0.4, -0.2) is 34.1 Å². The number of ether oxygens (including phenoxy) is 1. The van der Waals surface area contributed by atoms with Gasteiger partial charge in [-0.1, -0.05) is 0 Å². The monoisotopic (exact) mass is 444 g/mol. The number of halogens is 1. The Morgan fingerprint density at radius 1 is 1.56 bits per heavy atom. The van der Waals surface area contributed by atoms with Crippen LogP contribution in [0.5, 0.6) is 0 Å². The van der Waals surface area contributed by atoms with Gasteiger partial charge in [0.1, 0.15) is 0 Å². The Morgan fingerprint density at radius 2 is 2.11 bits per heavy atom. The Balaban J connectivity index is 4.73. The SMILES string of the molecule is C=N/C(Cl)=C(/CCO)[C](=[W])NC(=O)OC(C)(C)C. The first kappa shape index (κ1) is 17.5. The zero-order chi connectivity index (χ0) is 14.3. The van der Waals surface area contributed by atoms with Gasteiger partial charge in [0.05, 0.1) is 0 Å². The summed E-state index contributed by atoms with van der Waals surface area (Å²) < 4.78 is 5.68. The van der Waals surface area contributed by atoms with Crippen LogP contribution in [0, 0.1) is 0 Å². The van der Waals surface area contributed by atoms with Crippen LogP contribution < -0.4 is 5.32 Å². The van der Waals surface area contributed by atoms with Gasteiger partial charge in [-0.3, -0.25) is 0 Å². The van der Waals surface area contributed by atoms with Gasteiger partial charge < -0.3 is 0 Å². The molecule has 0 saturated heterocycles. The molecule has 0 saturated carbocycles. The fourth-order valence-corrected chi connectivity index (χ4v) is 2.42. The van der Waals surface area contributed by atoms with E-state index in [0.717, 1.165) is 19.4 Å². The minimum absolute atomic E-state index is 0.0894. The van der Waals surface area contributed by atoms with Gasteiger partial charge in [-0.2, -0.15) is 0 Å². The van der Waals surface area contributed by atoms with E-state index in [1.807, 2.05) is 0 Å². The summed E-state index contributed by atoms with van der Waals surface area (Å²) in [4.78, 5) is 15.2. The molecule has 0 aliphatic rings. The van der Waals surface area contributed by atoms with E-state index in [1.54, 1.807) is 20.8 Å². The van der Waals surface area contributed by atoms with Crippen LogP contribution >= 0.6 is 11.6 Å². The maximum absolute atomic E-state index is 11.6. The topological polar surface area (TPSA) is 70.9 Å². The fraction of sp³-hybridized carbons (Fsp3) is 0.545. The van der Waals surface area contributed by atoms with Crippen LogP contribution in [0.4, 0.5) is 4.79 Å². The number of carbonyl (C=O) groups excluding carboxylic acids is 1. The second-order valence-corrected chi connectivity index (χ2v) is 6.18. The third-order valence-electron chi connectivity index (χ3n) is 1.64. The molecular formula is C11H17ClN2O3W. The molecule has 0 radical (unpaired) electrons. The Morgan fingerprint density at radius 3 is 2.50 bits per heavy atom. The Bertz CT molecular complexity index is 375. The van der Waals surface area contributed by atoms with Crippen molar-refractivity contribution in [2.75, 3.05) is 6.61 Å². The summed E-state index contributed by atoms with van der Waals surface area (Å²) in [5.74, 6) is 0. The van der Waals surface area contributed by atoms with Crippen LogP contribution in [0.25, 0.3) is 0 Å². The standard InChI is InChI=1S/C11H17ClN2O3.W/c1-11(2,3)17-10(16)14-7-8(5-6-15)9(12)13-4;/h15H,4-6H2,1-3H3,(H,14,16);/b9-8-;. The number of hydrogen-bond donors (Lipinski definition) is 2. The van der Waals surface area contributed by atoms with E-state index >= 15 is 0 Å². The molecule has 1 amide bonds. The average Bonchev–Trinajstić information content (AvgIpc) is 2.21. The summed E-state index contributed by atoms with van der Waals surface area (Å²) in [5, 5.41) is 11.7. The maximum atomic E-state index is 11.6. The Labute approximate surface area is 123 Å². The first-order chi connectivity index (χ1) is 8.21. The van der Waals surface area contributed by atoms with Crippen LogP contribution in [0.2, 0.25) is 0 Å². The quantitative estimate of drug-likeness (QED) is 0.501. The molecule has 0 atom stereocenters. The van der Waals surface area contributed by atoms with Crippen molar-refractivity contribution >= 4 is 28.4 Å². The molecule has 0 unspecified atom stereocenters. The van der Waals surface area contributed by atoms with Crippen LogP contribution in [0.1, 0.15) is 27.2 Å². The van der Waals surface area contributed by atoms with Crippen LogP contribution in [-0.2, 0) is 24.1 Å². The van der Waals surface area contributed by atoms with Crippen molar-refractivity contribution in [3.8, 4) is 0 Å². The molecule has 0 heterocycles. The molecule has 0 aliphatic carbocycles. The van der Waals surface area contributed by atoms with Crippen molar-refractivity contribution in [1.29, 1.82) is 0 Å². The third-order valence-corrected chi connectivity index (χ3v) is 3.24. The van der Waals surface area contributed by atoms with Crippen molar-refractivity contribution in [1.82, 2.24) is 5.32 Å². The van der Waals surface area contributed by atoms with E-state index < -0.39 is 11.7 Å². The van der Waals surface area contributed by atoms with E-state index in [0.29, 0.717) is 16.0 Å². The normalized spacial score (nSPS) is 12.5. The predicted octanol–water partition coefficient (Wildman–Crippen LogP) is 1.72. The number of nitrogens with zero attached hydrogens (tertiary/aromatic N) is 1. The number of carbonyl (C=O) groups is 1. The Hall–Kier alpha value is -0.512. The number of aliphatic hydroxyl groups is 1. The molecule has 5 nitrogen and oxygen atoms in total. The van der Waals surface area contributed by atoms with Crippen molar-refractivity contribution in [3.63, 3.8) is 0 Å². The van der Waals surface area contributed by atoms with Gasteiger partial charge in [-0.05, 0) is 0 Å². The summed E-state index contributed by atoms with van der Waals surface area (Å²) in [6.07, 6.45) is -0.261. The molecule has 0 rings (SSSR count). The summed E-state index contributed by atoms with van der Waals surface area (Å²) in [5.41, 5.74) is -0.00358. The van der Waals surface area contributed by atoms with Gasteiger partial charge in [0.15, 0.2) is 0 Å². The van der Waals surface area contributed by atoms with Crippen LogP contribution in [0.3, 0.4) is 0 Å². The van der Waals surface area contributed by atoms with Crippen molar-refractivity contribution in [2.24, 2.45) is 4.99 Å². The van der Waals surface area contributed by atoms with Crippen LogP contribution in [0.15, 0.2) is 15.7 Å². The summed E-state index contributed by atoms with van der Waals surface area (Å²) in [6, 6.07) is 0. The second kappa shape index (κ2) is 7.82. The number of aliphatic imine (C=N–C) groups is 1. The van der Waals surface area contributed by atoms with Crippen molar-refractivity contribution < 1.29 is 34.0 Å². The molecule has 0 spiro atoms. The first-order valence-electron chi connectivity index (χ1n) is 5.22. The van der Waals surface area contributed by atoms with Gasteiger partial charge in [-0.15, -0.1) is 0 Å². The van der Waals surface area contributed by atoms with Gasteiger partial charge in [-0.25, -0.2) is 0 Å². The molecule has 0 aliphatic heterocycles. The van der Waals surface area contributed by atoms with Gasteiger partial charge in [0.2, 0.25) is 0 Å². The summed E-state index contributed by atoms with van der Waals surface area (Å²) in [7, 11) is 0. The number of nitrogens with one attached hydrogen (secondary N) is 1. The molecule has 7 heteroatoms. The van der Waals surface area contributed by atoms with E-state index in [1.165, 1.54) is 0 Å². The second-order valence-electron chi connectivity index (χ2n) is 4.36. The first-order valence-corrected chi connectivity index (χ1v) is 7.06. The number of alkyl carbamates (subject to hydrolysis) is 1. The molecule has 0 fully saturated rings. The molecule has 2 N–H and O–H groups in total. The fourth-order valence-electron chi connectivity index (χ4n) is 0.989. The number of hydrogen-bond acceptors (Lipinski definition) is 4. The zero-order valence-corrected chi connectivity index (χ0v) is 14.3. The van der Waals surface area contributed by atoms with Crippen molar-refractivity contribution in [3.05, 3.63) is 10.7 Å². The molecule has 102 valence electrons. The van der Waals surface area contributed by atoms with Gasteiger partial charge >= 0.3 is 123 Å². The Kier molecular flexibility index (Phi) is 7.60. The average molecular weight is 445 g/mol. The minimum atomic E-state index is -0.568. The number of aliphatic hydroxyl groups excluding tert-OH is 1. The number of amides is 1. The van der Waals surface area contributed by atoms with Gasteiger partial charge in [0, 0.05) is 0 Å². The summed E-state index contributed by atoms with van der Waals surface area (Å²) >= 11 is 6.85. The van der Waals surface area contributed by atoms with Crippen molar-refractivity contribution in [2.45, 2.75) is 32.8 Å².